The molecule has 0 heterocycles. The van der Waals surface area contributed by atoms with E-state index < -0.39 is 21.8 Å². The Morgan fingerprint density at radius 3 is 1.97 bits per heavy atom. The number of halogens is 2. The van der Waals surface area contributed by atoms with Crippen LogP contribution in [-0.2, 0) is 22.3 Å². The zero-order valence-corrected chi connectivity index (χ0v) is 26.7. The van der Waals surface area contributed by atoms with Crippen LogP contribution in [0.4, 0.5) is 0 Å². The molecule has 1 aliphatic carbocycles. The molecule has 0 bridgehead atoms. The van der Waals surface area contributed by atoms with Crippen LogP contribution in [0.15, 0.2) is 127 Å². The summed E-state index contributed by atoms with van der Waals surface area (Å²) >= 11 is -5.50. The van der Waals surface area contributed by atoms with Gasteiger partial charge in [-0.1, -0.05) is 0 Å². The first-order valence-electron chi connectivity index (χ1n) is 13.1. The number of carbonyl (C=O) groups excluding carboxylic acids is 1. The number of hydrogen-bond acceptors (Lipinski definition) is 1. The Kier molecular flexibility index (Phi) is 7.02. The zero-order valence-electron chi connectivity index (χ0n) is 21.6. The minimum absolute atomic E-state index is 0.216. The van der Waals surface area contributed by atoms with E-state index in [-0.39, 0.29) is 5.91 Å². The molecule has 0 saturated carbocycles. The molecule has 0 fully saturated rings. The SMILES string of the molecule is Cc1cccc(C(=O)[NH][Zr]([Cl])([Cl])([c]2cccc3c2Cc2ccccc2-3)[SiH](c2ccccc2)c2ccccc2)c1. The molecule has 0 atom stereocenters. The van der Waals surface area contributed by atoms with Crippen molar-refractivity contribution in [2.75, 3.05) is 0 Å². The third-order valence-electron chi connectivity index (χ3n) is 7.74. The van der Waals surface area contributed by atoms with Crippen LogP contribution in [0, 0.1) is 6.92 Å². The molecule has 0 unspecified atom stereocenters. The molecular weight excluding hydrogens is 617 g/mol. The van der Waals surface area contributed by atoms with E-state index in [0.717, 1.165) is 36.8 Å². The molecule has 6 rings (SSSR count). The van der Waals surface area contributed by atoms with Gasteiger partial charge in [0.25, 0.3) is 0 Å². The number of benzene rings is 5. The van der Waals surface area contributed by atoms with Crippen molar-refractivity contribution in [2.45, 2.75) is 13.3 Å². The Morgan fingerprint density at radius 2 is 1.31 bits per heavy atom. The molecule has 1 amide bonds. The third kappa shape index (κ3) is 4.78. The fourth-order valence-electron chi connectivity index (χ4n) is 6.02. The van der Waals surface area contributed by atoms with Gasteiger partial charge in [0.1, 0.15) is 0 Å². The van der Waals surface area contributed by atoms with Crippen molar-refractivity contribution in [2.24, 2.45) is 0 Å². The van der Waals surface area contributed by atoms with Crippen LogP contribution in [0.3, 0.4) is 0 Å². The van der Waals surface area contributed by atoms with E-state index in [1.807, 2.05) is 67.6 Å². The fourth-order valence-corrected chi connectivity index (χ4v) is 43.1. The number of carbonyl (C=O) groups is 1. The number of aryl methyl sites for hydroxylation is 1. The Labute approximate surface area is 238 Å². The topological polar surface area (TPSA) is 29.1 Å². The van der Waals surface area contributed by atoms with Gasteiger partial charge in [-0.2, -0.15) is 0 Å². The Bertz CT molecular complexity index is 1650. The maximum atomic E-state index is 14.1. The molecule has 39 heavy (non-hydrogen) atoms. The first-order chi connectivity index (χ1) is 18.8. The van der Waals surface area contributed by atoms with Gasteiger partial charge < -0.3 is 0 Å². The molecule has 193 valence electrons. The van der Waals surface area contributed by atoms with Gasteiger partial charge in [0.15, 0.2) is 0 Å². The van der Waals surface area contributed by atoms with Gasteiger partial charge in [-0.25, -0.2) is 0 Å². The molecule has 1 aliphatic rings. The Balaban J connectivity index is 1.63. The molecule has 2 nitrogen and oxygen atoms in total. The van der Waals surface area contributed by atoms with Crippen LogP contribution in [-0.4, -0.2) is 11.8 Å². The first kappa shape index (κ1) is 26.5. The van der Waals surface area contributed by atoms with E-state index in [9.17, 15) is 4.79 Å². The fraction of sp³-hybridized carbons (Fsp3) is 0.0606. The molecule has 6 heteroatoms. The van der Waals surface area contributed by atoms with Crippen molar-refractivity contribution < 1.29 is 20.6 Å². The van der Waals surface area contributed by atoms with E-state index >= 15 is 0 Å². The molecule has 0 radical (unpaired) electrons. The van der Waals surface area contributed by atoms with Crippen LogP contribution < -0.4 is 16.9 Å². The number of rotatable bonds is 6. The van der Waals surface area contributed by atoms with Crippen molar-refractivity contribution in [3.05, 3.63) is 150 Å². The first-order valence-corrected chi connectivity index (χ1v) is 27.9. The Morgan fingerprint density at radius 1 is 0.718 bits per heavy atom. The second-order valence-corrected chi connectivity index (χ2v) is 45.6. The quantitative estimate of drug-likeness (QED) is 0.219. The summed E-state index contributed by atoms with van der Waals surface area (Å²) in [5.41, 5.74) is 6.35. The van der Waals surface area contributed by atoms with Gasteiger partial charge >= 0.3 is 241 Å². The van der Waals surface area contributed by atoms with Crippen molar-refractivity contribution in [1.82, 2.24) is 3.26 Å². The van der Waals surface area contributed by atoms with Gasteiger partial charge in [0.2, 0.25) is 0 Å². The third-order valence-corrected chi connectivity index (χ3v) is 42.5. The predicted octanol–water partition coefficient (Wildman–Crippen LogP) is 6.07. The number of nitrogens with one attached hydrogen (secondary N) is 1. The van der Waals surface area contributed by atoms with Crippen molar-refractivity contribution in [3.8, 4) is 11.1 Å². The summed E-state index contributed by atoms with van der Waals surface area (Å²) in [6, 6.07) is 43.0. The number of amides is 1. The van der Waals surface area contributed by atoms with Crippen LogP contribution in [0.5, 0.6) is 0 Å². The van der Waals surface area contributed by atoms with Crippen molar-refractivity contribution >= 4 is 42.5 Å². The van der Waals surface area contributed by atoms with Gasteiger partial charge in [-0.05, 0) is 0 Å². The summed E-state index contributed by atoms with van der Waals surface area (Å²) in [6.07, 6.45) is 0.746. The number of hydrogen-bond donors (Lipinski definition) is 1. The maximum absolute atomic E-state index is 14.1. The molecule has 5 aromatic rings. The van der Waals surface area contributed by atoms with Crippen molar-refractivity contribution in [1.29, 1.82) is 0 Å². The van der Waals surface area contributed by atoms with Crippen LogP contribution in [0.2, 0.25) is 0 Å². The molecule has 0 aliphatic heterocycles. The van der Waals surface area contributed by atoms with E-state index in [4.69, 9.17) is 17.0 Å². The van der Waals surface area contributed by atoms with E-state index in [1.165, 1.54) is 11.1 Å². The summed E-state index contributed by atoms with van der Waals surface area (Å²) in [4.78, 5) is 14.1. The average Bonchev–Trinajstić information content (AvgIpc) is 3.33. The Hall–Kier alpha value is -2.75. The van der Waals surface area contributed by atoms with Crippen LogP contribution in [0.1, 0.15) is 27.0 Å². The van der Waals surface area contributed by atoms with E-state index in [2.05, 4.69) is 70.0 Å². The standard InChI is InChI=1S/C13H9.C12H11Si.C8H9NO.2ClH.Zr/c1-3-7-12-10(5-1)9-11-6-2-4-8-13(11)12;1-3-7-11(8-4-1)13-12-9-5-2-6-10-12;1-6-3-2-4-7(5-6)8(9)10;;;/h1-5,7-8H,9H2;1-10,13H;2-5H,1H3,(H2,9,10);2*1H;/q;;;;;+3/p-3. The summed E-state index contributed by atoms with van der Waals surface area (Å²) in [6.45, 7) is 1.98. The molecule has 5 aromatic carbocycles. The second-order valence-electron chi connectivity index (χ2n) is 10.3. The van der Waals surface area contributed by atoms with Crippen LogP contribution >= 0.6 is 17.0 Å². The van der Waals surface area contributed by atoms with Crippen LogP contribution in [0.25, 0.3) is 11.1 Å². The molecular formula is C33H28Cl2NOSiZr. The number of fused-ring (bicyclic) bond motifs is 3. The van der Waals surface area contributed by atoms with Gasteiger partial charge in [-0.15, -0.1) is 0 Å². The summed E-state index contributed by atoms with van der Waals surface area (Å²) in [7, 11) is 16.3. The predicted molar refractivity (Wildman–Crippen MR) is 164 cm³/mol. The normalized spacial score (nSPS) is 13.3. The molecule has 0 saturated heterocycles. The monoisotopic (exact) mass is 642 g/mol. The van der Waals surface area contributed by atoms with Gasteiger partial charge in [-0.3, -0.25) is 0 Å². The summed E-state index contributed by atoms with van der Waals surface area (Å²) < 4.78 is 4.39. The average molecular weight is 645 g/mol. The zero-order chi connectivity index (χ0) is 27.1. The van der Waals surface area contributed by atoms with E-state index in [0.29, 0.717) is 5.56 Å². The van der Waals surface area contributed by atoms with Gasteiger partial charge in [0, 0.05) is 0 Å². The minimum atomic E-state index is -5.50. The summed E-state index contributed by atoms with van der Waals surface area (Å²) in [5, 5.41) is 2.24. The van der Waals surface area contributed by atoms with Crippen molar-refractivity contribution in [3.63, 3.8) is 0 Å². The van der Waals surface area contributed by atoms with E-state index in [1.54, 1.807) is 0 Å². The molecule has 0 aromatic heterocycles. The second kappa shape index (κ2) is 10.3. The molecule has 1 N–H and O–H groups in total. The summed E-state index contributed by atoms with van der Waals surface area (Å²) in [5.74, 6) is -2.65. The molecule has 0 spiro atoms. The van der Waals surface area contributed by atoms with Gasteiger partial charge in [0.05, 0.1) is 0 Å².